The molecule has 2 atom stereocenters. The van der Waals surface area contributed by atoms with Crippen LogP contribution in [0.25, 0.3) is 11.1 Å². The molecule has 0 saturated heterocycles. The summed E-state index contributed by atoms with van der Waals surface area (Å²) in [6.45, 7) is 1.49. The SMILES string of the molecule is C[C@H](NC(=O)Cc1cc(F)cc(F)c1)C(=O)NN1C(=O)C(CCCCc2ccccc2)c2ccccc2-c2ccccc21. The number of nitrogens with zero attached hydrogens (tertiary/aromatic N) is 1. The van der Waals surface area contributed by atoms with Crippen molar-refractivity contribution in [1.29, 1.82) is 0 Å². The van der Waals surface area contributed by atoms with E-state index in [1.807, 2.05) is 54.6 Å². The molecule has 0 aromatic heterocycles. The second kappa shape index (κ2) is 13.4. The molecule has 6 nitrogen and oxygen atoms in total. The molecule has 220 valence electrons. The van der Waals surface area contributed by atoms with Crippen molar-refractivity contribution in [2.75, 3.05) is 5.01 Å². The summed E-state index contributed by atoms with van der Waals surface area (Å²) in [6.07, 6.45) is 2.92. The number of amides is 3. The summed E-state index contributed by atoms with van der Waals surface area (Å²) in [5.74, 6) is -3.52. The highest BCUT2D eigenvalue weighted by Gasteiger charge is 2.35. The number of hydrogen-bond donors (Lipinski definition) is 2. The van der Waals surface area contributed by atoms with Gasteiger partial charge in [0.25, 0.3) is 11.8 Å². The summed E-state index contributed by atoms with van der Waals surface area (Å²) < 4.78 is 27.1. The minimum Gasteiger partial charge on any atom is -0.344 e. The number of halogens is 2. The number of hydrazine groups is 1. The Morgan fingerprint density at radius 1 is 0.814 bits per heavy atom. The molecule has 0 fully saturated rings. The number of nitrogens with one attached hydrogen (secondary N) is 2. The minimum atomic E-state index is -1.03. The normalized spacial score (nSPS) is 14.7. The van der Waals surface area contributed by atoms with Crippen LogP contribution in [-0.2, 0) is 27.2 Å². The van der Waals surface area contributed by atoms with Gasteiger partial charge in [0.2, 0.25) is 5.91 Å². The first-order valence-corrected chi connectivity index (χ1v) is 14.4. The average Bonchev–Trinajstić information content (AvgIpc) is 3.08. The number of aryl methyl sites for hydroxylation is 1. The van der Waals surface area contributed by atoms with Crippen LogP contribution in [0.4, 0.5) is 14.5 Å². The van der Waals surface area contributed by atoms with Gasteiger partial charge in [-0.05, 0) is 66.6 Å². The maximum atomic E-state index is 14.2. The van der Waals surface area contributed by atoms with Gasteiger partial charge in [-0.1, -0.05) is 79.2 Å². The molecular weight excluding hydrogens is 548 g/mol. The van der Waals surface area contributed by atoms with Crippen molar-refractivity contribution >= 4 is 23.4 Å². The standard InChI is InChI=1S/C35H33F2N3O3/c1-23(38-33(41)21-25-19-26(36)22-27(37)20-25)34(42)39-40-32-18-10-9-16-30(32)28-14-7-8-15-29(28)31(35(40)43)17-6-5-13-24-11-3-2-4-12-24/h2-4,7-12,14-16,18-20,22-23,31H,5-6,13,17,21H2,1H3,(H,38,41)(H,39,42)/t23-,31?/m0/s1. The Kier molecular flexibility index (Phi) is 9.25. The van der Waals surface area contributed by atoms with E-state index in [-0.39, 0.29) is 17.9 Å². The molecule has 4 aromatic carbocycles. The Bertz CT molecular complexity index is 1610. The number of hydrogen-bond acceptors (Lipinski definition) is 3. The summed E-state index contributed by atoms with van der Waals surface area (Å²) in [7, 11) is 0. The van der Waals surface area contributed by atoms with Crippen molar-refractivity contribution < 1.29 is 23.2 Å². The monoisotopic (exact) mass is 581 g/mol. The van der Waals surface area contributed by atoms with E-state index in [2.05, 4.69) is 22.9 Å². The molecule has 3 amide bonds. The van der Waals surface area contributed by atoms with Crippen LogP contribution >= 0.6 is 0 Å². The van der Waals surface area contributed by atoms with E-state index in [1.165, 1.54) is 17.5 Å². The van der Waals surface area contributed by atoms with Crippen molar-refractivity contribution in [2.45, 2.75) is 51.0 Å². The van der Waals surface area contributed by atoms with E-state index < -0.39 is 35.4 Å². The predicted octanol–water partition coefficient (Wildman–Crippen LogP) is 6.25. The minimum absolute atomic E-state index is 0.145. The molecule has 0 saturated carbocycles. The van der Waals surface area contributed by atoms with Crippen molar-refractivity contribution in [1.82, 2.24) is 10.7 Å². The number of carbonyl (C=O) groups is 3. The van der Waals surface area contributed by atoms with Crippen LogP contribution < -0.4 is 15.8 Å². The maximum absolute atomic E-state index is 14.2. The highest BCUT2D eigenvalue weighted by molar-refractivity contribution is 6.07. The lowest BCUT2D eigenvalue weighted by Crippen LogP contribution is -2.54. The summed E-state index contributed by atoms with van der Waals surface area (Å²) in [5.41, 5.74) is 7.31. The van der Waals surface area contributed by atoms with Crippen molar-refractivity contribution in [3.8, 4) is 11.1 Å². The van der Waals surface area contributed by atoms with Gasteiger partial charge in [0.05, 0.1) is 18.0 Å². The Labute approximate surface area is 249 Å². The van der Waals surface area contributed by atoms with Crippen molar-refractivity contribution in [3.63, 3.8) is 0 Å². The van der Waals surface area contributed by atoms with Gasteiger partial charge < -0.3 is 5.32 Å². The van der Waals surface area contributed by atoms with E-state index in [1.54, 1.807) is 12.1 Å². The third kappa shape index (κ3) is 7.15. The summed E-state index contributed by atoms with van der Waals surface area (Å²) in [4.78, 5) is 40.1. The molecule has 1 unspecified atom stereocenters. The van der Waals surface area contributed by atoms with E-state index in [4.69, 9.17) is 0 Å². The van der Waals surface area contributed by atoms with Gasteiger partial charge >= 0.3 is 0 Å². The fraction of sp³-hybridized carbons (Fsp3) is 0.229. The lowest BCUT2D eigenvalue weighted by Gasteiger charge is -2.28. The lowest BCUT2D eigenvalue weighted by atomic mass is 9.87. The number of fused-ring (bicyclic) bond motifs is 3. The molecule has 4 aromatic rings. The molecule has 0 bridgehead atoms. The van der Waals surface area contributed by atoms with Crippen molar-refractivity contribution in [3.05, 3.63) is 125 Å². The first kappa shape index (κ1) is 29.6. The molecular formula is C35H33F2N3O3. The van der Waals surface area contributed by atoms with Crippen LogP contribution in [0.3, 0.4) is 0 Å². The van der Waals surface area contributed by atoms with E-state index in [0.717, 1.165) is 54.2 Å². The molecule has 8 heteroatoms. The number of rotatable bonds is 10. The van der Waals surface area contributed by atoms with Crippen LogP contribution in [0.15, 0.2) is 97.1 Å². The summed E-state index contributed by atoms with van der Waals surface area (Å²) in [6, 6.07) is 27.2. The van der Waals surface area contributed by atoms with E-state index in [0.29, 0.717) is 12.1 Å². The Balaban J connectivity index is 1.33. The van der Waals surface area contributed by atoms with Crippen LogP contribution in [0, 0.1) is 11.6 Å². The largest absolute Gasteiger partial charge is 0.344 e. The molecule has 1 heterocycles. The molecule has 0 radical (unpaired) electrons. The van der Waals surface area contributed by atoms with Gasteiger partial charge in [-0.15, -0.1) is 0 Å². The third-order valence-corrected chi connectivity index (χ3v) is 7.62. The zero-order valence-corrected chi connectivity index (χ0v) is 23.9. The van der Waals surface area contributed by atoms with Crippen LogP contribution in [0.5, 0.6) is 0 Å². The van der Waals surface area contributed by atoms with Gasteiger partial charge in [-0.2, -0.15) is 0 Å². The quantitative estimate of drug-likeness (QED) is 0.217. The molecule has 43 heavy (non-hydrogen) atoms. The zero-order chi connectivity index (χ0) is 30.3. The Morgan fingerprint density at radius 3 is 2.21 bits per heavy atom. The molecule has 5 rings (SSSR count). The topological polar surface area (TPSA) is 78.5 Å². The predicted molar refractivity (Wildman–Crippen MR) is 162 cm³/mol. The number of benzene rings is 4. The average molecular weight is 582 g/mol. The van der Waals surface area contributed by atoms with Gasteiger partial charge in [-0.25, -0.2) is 13.8 Å². The van der Waals surface area contributed by atoms with Gasteiger partial charge in [-0.3, -0.25) is 19.8 Å². The second-order valence-electron chi connectivity index (χ2n) is 10.8. The first-order chi connectivity index (χ1) is 20.8. The summed E-state index contributed by atoms with van der Waals surface area (Å²) in [5, 5.41) is 3.86. The number of para-hydroxylation sites is 1. The number of carbonyl (C=O) groups excluding carboxylic acids is 3. The fourth-order valence-corrected chi connectivity index (χ4v) is 5.53. The summed E-state index contributed by atoms with van der Waals surface area (Å²) >= 11 is 0. The van der Waals surface area contributed by atoms with E-state index in [9.17, 15) is 23.2 Å². The molecule has 1 aliphatic heterocycles. The van der Waals surface area contributed by atoms with Gasteiger partial charge in [0, 0.05) is 11.6 Å². The second-order valence-corrected chi connectivity index (χ2v) is 10.8. The maximum Gasteiger partial charge on any atom is 0.261 e. The fourth-order valence-electron chi connectivity index (χ4n) is 5.53. The lowest BCUT2D eigenvalue weighted by molar-refractivity contribution is -0.130. The number of anilines is 1. The van der Waals surface area contributed by atoms with Gasteiger partial charge in [0.1, 0.15) is 17.7 Å². The molecule has 0 aliphatic carbocycles. The highest BCUT2D eigenvalue weighted by atomic mass is 19.1. The highest BCUT2D eigenvalue weighted by Crippen LogP contribution is 2.41. The smallest absolute Gasteiger partial charge is 0.261 e. The zero-order valence-electron chi connectivity index (χ0n) is 23.9. The Hall–Kier alpha value is -4.85. The van der Waals surface area contributed by atoms with Crippen LogP contribution in [0.2, 0.25) is 0 Å². The first-order valence-electron chi connectivity index (χ1n) is 14.4. The Morgan fingerprint density at radius 2 is 1.47 bits per heavy atom. The molecule has 1 aliphatic rings. The third-order valence-electron chi connectivity index (χ3n) is 7.62. The van der Waals surface area contributed by atoms with Crippen molar-refractivity contribution in [2.24, 2.45) is 0 Å². The van der Waals surface area contributed by atoms with Crippen LogP contribution in [-0.4, -0.2) is 23.8 Å². The molecule has 2 N–H and O–H groups in total. The molecule has 0 spiro atoms. The number of unbranched alkanes of at least 4 members (excludes halogenated alkanes) is 1. The van der Waals surface area contributed by atoms with Crippen LogP contribution in [0.1, 0.15) is 48.8 Å². The van der Waals surface area contributed by atoms with E-state index >= 15 is 0 Å². The van der Waals surface area contributed by atoms with Gasteiger partial charge in [0.15, 0.2) is 0 Å².